The van der Waals surface area contributed by atoms with E-state index >= 15 is 16.8 Å². The fraction of sp³-hybridized carbons (Fsp3) is 0.360. The van der Waals surface area contributed by atoms with E-state index < -0.39 is 59.8 Å². The Labute approximate surface area is 426 Å². The van der Waals surface area contributed by atoms with Crippen molar-refractivity contribution in [3.05, 3.63) is 120 Å². The molecule has 21 nitrogen and oxygen atoms in total. The number of anilines is 1. The van der Waals surface area contributed by atoms with Gasteiger partial charge in [-0.25, -0.2) is 36.1 Å². The highest BCUT2D eigenvalue weighted by molar-refractivity contribution is 7.92. The Hall–Kier alpha value is -7.34. The molecule has 0 saturated heterocycles. The number of carbonyl (C=O) groups excluding carboxylic acids is 2. The van der Waals surface area contributed by atoms with Gasteiger partial charge in [0.1, 0.15) is 44.1 Å². The van der Waals surface area contributed by atoms with Crippen LogP contribution in [0.15, 0.2) is 113 Å². The van der Waals surface area contributed by atoms with Crippen molar-refractivity contribution in [1.82, 2.24) is 44.4 Å². The third-order valence-electron chi connectivity index (χ3n) is 10.7. The van der Waals surface area contributed by atoms with E-state index in [9.17, 15) is 9.59 Å². The minimum atomic E-state index is -4.99. The molecule has 0 aliphatic heterocycles. The lowest BCUT2D eigenvalue weighted by molar-refractivity contribution is 0.0244. The predicted octanol–water partition coefficient (Wildman–Crippen LogP) is 6.49. The maximum absolute atomic E-state index is 16.0. The van der Waals surface area contributed by atoms with Crippen molar-refractivity contribution >= 4 is 38.1 Å². The van der Waals surface area contributed by atoms with Gasteiger partial charge < -0.3 is 39.6 Å². The number of aromatic nitrogens is 5. The number of methoxy groups -OCH3 is 3. The lowest BCUT2D eigenvalue weighted by Crippen LogP contribution is -2.45. The molecule has 0 unspecified atom stereocenters. The molecule has 0 atom stereocenters. The van der Waals surface area contributed by atoms with Crippen LogP contribution in [0.5, 0.6) is 17.2 Å². The molecule has 0 aliphatic carbocycles. The molecule has 0 fully saturated rings. The molecule has 6 rings (SSSR count). The molecular weight excluding hydrogens is 981 g/mol. The third-order valence-corrected chi connectivity index (χ3v) is 14.2. The number of ether oxygens (including phenoxy) is 5. The molecule has 23 heteroatoms. The Morgan fingerprint density at radius 1 is 0.685 bits per heavy atom. The van der Waals surface area contributed by atoms with E-state index in [-0.39, 0.29) is 62.0 Å². The number of alkyl carbamates (subject to hydrolysis) is 1. The molecule has 2 amide bonds. The summed E-state index contributed by atoms with van der Waals surface area (Å²) in [5.41, 5.74) is 6.50. The highest BCUT2D eigenvalue weighted by atomic mass is 32.2. The molecule has 4 N–H and O–H groups in total. The van der Waals surface area contributed by atoms with Gasteiger partial charge in [-0.1, -0.05) is 42.5 Å². The quantitative estimate of drug-likeness (QED) is 0.0696. The van der Waals surface area contributed by atoms with Gasteiger partial charge in [0, 0.05) is 51.0 Å². The van der Waals surface area contributed by atoms with Gasteiger partial charge in [-0.3, -0.25) is 0 Å². The maximum atomic E-state index is 16.0. The number of pyridine rings is 1. The zero-order valence-electron chi connectivity index (χ0n) is 42.3. The lowest BCUT2D eigenvalue weighted by Gasteiger charge is -2.28. The molecule has 0 radical (unpaired) electrons. The van der Waals surface area contributed by atoms with Crippen LogP contribution in [0.1, 0.15) is 58.2 Å². The van der Waals surface area contributed by atoms with Crippen molar-refractivity contribution in [3.8, 4) is 39.8 Å². The Morgan fingerprint density at radius 3 is 1.73 bits per heavy atom. The van der Waals surface area contributed by atoms with Crippen LogP contribution in [0, 0.1) is 0 Å². The average Bonchev–Trinajstić information content (AvgIpc) is 3.80. The number of hydrogen-bond acceptors (Lipinski definition) is 16. The van der Waals surface area contributed by atoms with Crippen LogP contribution in [0.3, 0.4) is 0 Å². The molecule has 0 aliphatic rings. The number of nitrogen functional groups attached to an aromatic ring is 1. The van der Waals surface area contributed by atoms with E-state index in [1.165, 1.54) is 48.3 Å². The second-order valence-electron chi connectivity index (χ2n) is 18.5. The van der Waals surface area contributed by atoms with E-state index in [4.69, 9.17) is 29.4 Å². The summed E-state index contributed by atoms with van der Waals surface area (Å²) >= 11 is 0. The van der Waals surface area contributed by atoms with Gasteiger partial charge in [-0.05, 0) is 124 Å². The maximum Gasteiger partial charge on any atom is 0.410 e. The number of rotatable bonds is 21. The van der Waals surface area contributed by atoms with Crippen LogP contribution < -0.4 is 30.0 Å². The van der Waals surface area contributed by atoms with Crippen molar-refractivity contribution in [3.63, 3.8) is 0 Å². The standard InChI is InChI=1S/C50H62N10O11S2/c1-49(2,3)70-47(61)52-26-28-58(48(62)71-50(4,5)6)29-27-54-72(63,64)42-24-23-41(37-16-25-43(51)53-30-37)44(46-55-57-60(56-46)33-36-14-21-40(69-9)22-15-36)45(42)73(65,66)59(31-34-10-17-38(67-7)18-11-34)32-35-12-19-39(68-8)20-13-35/h10-25,30,54H,26-29,31-33H2,1-9H3,(H2,51,53)(H,52,61). The highest BCUT2D eigenvalue weighted by Gasteiger charge is 2.38. The van der Waals surface area contributed by atoms with Crippen LogP contribution in [0.25, 0.3) is 22.5 Å². The van der Waals surface area contributed by atoms with Crippen molar-refractivity contribution in [2.24, 2.45) is 0 Å². The number of hydrogen-bond donors (Lipinski definition) is 3. The zero-order chi connectivity index (χ0) is 53.1. The first-order valence-corrected chi connectivity index (χ1v) is 25.9. The summed E-state index contributed by atoms with van der Waals surface area (Å²) < 4.78 is 92.9. The molecule has 73 heavy (non-hydrogen) atoms. The van der Waals surface area contributed by atoms with Gasteiger partial charge in [0.25, 0.3) is 0 Å². The second-order valence-corrected chi connectivity index (χ2v) is 22.2. The second kappa shape index (κ2) is 23.5. The lowest BCUT2D eigenvalue weighted by atomic mass is 10.0. The topological polar surface area (TPSA) is 262 Å². The van der Waals surface area contributed by atoms with Gasteiger partial charge in [-0.15, -0.1) is 10.2 Å². The van der Waals surface area contributed by atoms with E-state index in [2.05, 4.69) is 30.4 Å². The van der Waals surface area contributed by atoms with Crippen LogP contribution >= 0.6 is 0 Å². The molecule has 6 aromatic rings. The summed E-state index contributed by atoms with van der Waals surface area (Å²) in [7, 11) is -5.27. The molecule has 0 bridgehead atoms. The first kappa shape index (κ1) is 55.0. The molecule has 0 spiro atoms. The van der Waals surface area contributed by atoms with Gasteiger partial charge in [0.15, 0.2) is 0 Å². The van der Waals surface area contributed by atoms with Crippen LogP contribution in [-0.2, 0) is 49.2 Å². The van der Waals surface area contributed by atoms with Gasteiger partial charge in [0.05, 0.1) is 33.4 Å². The Bertz CT molecular complexity index is 3000. The number of amides is 2. The van der Waals surface area contributed by atoms with E-state index in [0.29, 0.717) is 33.9 Å². The molecule has 4 aromatic carbocycles. The Morgan fingerprint density at radius 2 is 1.22 bits per heavy atom. The number of sulfonamides is 2. The first-order valence-electron chi connectivity index (χ1n) is 23.0. The zero-order valence-corrected chi connectivity index (χ0v) is 43.9. The van der Waals surface area contributed by atoms with Crippen molar-refractivity contribution in [1.29, 1.82) is 0 Å². The largest absolute Gasteiger partial charge is 0.497 e. The number of nitrogens with two attached hydrogens (primary N) is 1. The smallest absolute Gasteiger partial charge is 0.410 e. The molecular formula is C50H62N10O11S2. The van der Waals surface area contributed by atoms with Crippen LogP contribution in [-0.4, -0.2) is 122 Å². The van der Waals surface area contributed by atoms with E-state index in [1.807, 2.05) is 0 Å². The average molecular weight is 1040 g/mol. The summed E-state index contributed by atoms with van der Waals surface area (Å²) in [6, 6.07) is 26.5. The normalized spacial score (nSPS) is 12.0. The summed E-state index contributed by atoms with van der Waals surface area (Å²) in [6.07, 6.45) is -0.0849. The number of benzene rings is 4. The van der Waals surface area contributed by atoms with Crippen molar-refractivity contribution < 1.29 is 50.1 Å². The first-order chi connectivity index (χ1) is 34.5. The minimum absolute atomic E-state index is 0.0709. The number of tetrazole rings is 1. The Kier molecular flexibility index (Phi) is 17.7. The minimum Gasteiger partial charge on any atom is -0.497 e. The molecule has 2 heterocycles. The molecule has 0 saturated carbocycles. The van der Waals surface area contributed by atoms with Crippen LogP contribution in [0.2, 0.25) is 0 Å². The fourth-order valence-corrected chi connectivity index (χ4v) is 10.6. The highest BCUT2D eigenvalue weighted by Crippen LogP contribution is 2.41. The number of nitrogens with one attached hydrogen (secondary N) is 2. The summed E-state index contributed by atoms with van der Waals surface area (Å²) in [4.78, 5) is 31.4. The molecule has 390 valence electrons. The number of nitrogens with zero attached hydrogens (tertiary/aromatic N) is 7. The van der Waals surface area contributed by atoms with Gasteiger partial charge in [-0.2, -0.15) is 9.10 Å². The van der Waals surface area contributed by atoms with Crippen molar-refractivity contribution in [2.45, 2.75) is 82.2 Å². The summed E-state index contributed by atoms with van der Waals surface area (Å²) in [6.45, 7) is 8.89. The van der Waals surface area contributed by atoms with Crippen LogP contribution in [0.4, 0.5) is 15.4 Å². The van der Waals surface area contributed by atoms with E-state index in [0.717, 1.165) is 9.87 Å². The van der Waals surface area contributed by atoms with Gasteiger partial charge in [0.2, 0.25) is 25.9 Å². The summed E-state index contributed by atoms with van der Waals surface area (Å²) in [5, 5.41) is 15.9. The monoisotopic (exact) mass is 1040 g/mol. The summed E-state index contributed by atoms with van der Waals surface area (Å²) in [5.74, 6) is 1.65. The fourth-order valence-electron chi connectivity index (χ4n) is 7.21. The van der Waals surface area contributed by atoms with Crippen molar-refractivity contribution in [2.75, 3.05) is 53.2 Å². The SMILES string of the molecule is COc1ccc(CN(Cc2ccc(OC)cc2)S(=O)(=O)c2c(S(=O)(=O)NCCN(CCNC(=O)OC(C)(C)C)C(=O)OC(C)(C)C)ccc(-c3ccc(N)nc3)c2-c2nnn(Cc3ccc(OC)cc3)n2)cc1. The molecule has 2 aromatic heterocycles. The Balaban J connectivity index is 1.51. The predicted molar refractivity (Wildman–Crippen MR) is 273 cm³/mol. The number of carbonyl (C=O) groups is 2. The van der Waals surface area contributed by atoms with Gasteiger partial charge >= 0.3 is 12.2 Å². The van der Waals surface area contributed by atoms with E-state index in [1.54, 1.807) is 128 Å². The third kappa shape index (κ3) is 15.1.